The van der Waals surface area contributed by atoms with Gasteiger partial charge in [-0.25, -0.2) is 65.8 Å². The Morgan fingerprint density at radius 2 is 0.714 bits per heavy atom. The molecule has 9 heterocycles. The molecule has 36 heteroatoms. The number of primary amides is 1. The number of alkyl halides is 6. The number of carbonyl (C=O) groups is 6. The first-order valence-electron chi connectivity index (χ1n) is 37.1. The van der Waals surface area contributed by atoms with Crippen LogP contribution in [0.2, 0.25) is 0 Å². The molecule has 0 bridgehead atoms. The van der Waals surface area contributed by atoms with Crippen molar-refractivity contribution in [2.24, 2.45) is 23.5 Å². The number of nitrogens with two attached hydrogens (primary N) is 1. The summed E-state index contributed by atoms with van der Waals surface area (Å²) >= 11 is 0. The summed E-state index contributed by atoms with van der Waals surface area (Å²) < 4.78 is 84.7. The molecule has 4 amide bonds. The molecule has 0 unspecified atom stereocenters. The van der Waals surface area contributed by atoms with Crippen molar-refractivity contribution in [2.45, 2.75) is 102 Å². The SMILES string of the molecule is CCOC(=O)c1cnc(-c2ccc3c(c2)CN(C(=O)C2CC(F)(F)C2)C3)nc1Nc1ccc(-c2cn[nH]c2)cc1.N.NC(=O)c1cnc(-c2ccc3c(c2)CN(C(=O)C2CC(F)(F)C2)C3)nc1Nc1ccc(-c2cn[nH]c2)cc1.O=C(O)c1cnc(-c2ccc3c(c2)CN(C(=O)C2CC(F)(F)C2)C3)nc1Nc1ccc(-c2cn[nH]c2)cc1.[Na+].[OH-]. The van der Waals surface area contributed by atoms with Crippen LogP contribution in [0.4, 0.5) is 60.9 Å². The minimum absolute atomic E-state index is 0. The van der Waals surface area contributed by atoms with Gasteiger partial charge in [0.1, 0.15) is 34.1 Å². The predicted molar refractivity (Wildman–Crippen MR) is 418 cm³/mol. The zero-order valence-corrected chi connectivity index (χ0v) is 65.9. The van der Waals surface area contributed by atoms with Crippen molar-refractivity contribution in [3.05, 3.63) is 233 Å². The first kappa shape index (κ1) is 83.8. The van der Waals surface area contributed by atoms with Gasteiger partial charge in [-0.2, -0.15) is 15.3 Å². The minimum atomic E-state index is -2.74. The van der Waals surface area contributed by atoms with Crippen LogP contribution in [0.5, 0.6) is 0 Å². The number of nitrogens with zero attached hydrogens (tertiary/aromatic N) is 12. The van der Waals surface area contributed by atoms with Gasteiger partial charge in [0.2, 0.25) is 35.5 Å². The topological polar surface area (TPSA) is 432 Å². The van der Waals surface area contributed by atoms with Crippen LogP contribution in [0.3, 0.4) is 0 Å². The second-order valence-electron chi connectivity index (χ2n) is 29.2. The fraction of sp³-hybridized carbons (Fsp3) is 0.241. The molecule has 604 valence electrons. The van der Waals surface area contributed by atoms with Crippen molar-refractivity contribution in [1.29, 1.82) is 0 Å². The zero-order chi connectivity index (χ0) is 80.7. The number of aromatic nitrogens is 12. The first-order valence-corrected chi connectivity index (χ1v) is 37.1. The number of carbonyl (C=O) groups excluding carboxylic acids is 5. The summed E-state index contributed by atoms with van der Waals surface area (Å²) in [6, 6.07) is 39.3. The molecule has 119 heavy (non-hydrogen) atoms. The molecule has 6 aromatic carbocycles. The number of fused-ring (bicyclic) bond motifs is 3. The number of benzene rings is 6. The number of hydrogen-bond acceptors (Lipinski definition) is 21. The molecule has 13 N–H and O–H groups in total. The molecule has 0 radical (unpaired) electrons. The average molecular weight is 1630 g/mol. The maximum absolute atomic E-state index is 13.3. The van der Waals surface area contributed by atoms with E-state index in [1.807, 2.05) is 127 Å². The van der Waals surface area contributed by atoms with E-state index in [1.54, 1.807) is 58.8 Å². The zero-order valence-electron chi connectivity index (χ0n) is 63.9. The van der Waals surface area contributed by atoms with Gasteiger partial charge in [-0.3, -0.25) is 34.5 Å². The second kappa shape index (κ2) is 34.6. The molecule has 29 nitrogen and oxygen atoms in total. The molecule has 3 aliphatic heterocycles. The summed E-state index contributed by atoms with van der Waals surface area (Å²) in [6.45, 7) is 4.10. The third-order valence-corrected chi connectivity index (χ3v) is 21.1. The molecule has 0 saturated heterocycles. The van der Waals surface area contributed by atoms with E-state index in [4.69, 9.17) is 10.5 Å². The van der Waals surface area contributed by atoms with Crippen LogP contribution in [-0.4, -0.2) is 146 Å². The van der Waals surface area contributed by atoms with Crippen LogP contribution in [-0.2, 0) is 58.4 Å². The van der Waals surface area contributed by atoms with E-state index in [-0.39, 0.29) is 120 Å². The standard InChI is InChI=1S/C29H26F2N6O3.C27H23F2N7O2.C27H22F2N6O3.H3N.Na.H2O/c1-2-40-28(39)24-14-32-25(36-26(24)35-23-7-5-17(6-8-23)22-12-33-34-13-22)18-3-4-19-15-37(16-20(19)9-18)27(38)21-10-29(30,31)11-21;28-27(29)8-19(9-27)26(38)36-13-17-2-1-16(7-18(17)14-36)24-31-12-22(23(30)37)25(35-24)34-21-5-3-15(4-6-21)20-10-32-33-11-20;28-27(29)8-19(9-27)25(36)35-13-17-2-1-16(7-18(17)14-35)23-30-12-22(26(37)38)24(34-23)33-21-5-3-15(4-6-21)20-10-31-32-11-20;;;/h3-9,12-14,21H,2,10-11,15-16H2,1H3,(H,33,34)(H,32,35,36);1-7,10-12,19H,8-9,13-14H2,(H2,30,37)(H,32,33)(H,31,34,35);1-7,10-12,19H,8-9,13-14H2,(H,31,32)(H,37,38)(H,30,33,34);1H3;;1H2/q;;;;+1;/p-1. The Morgan fingerprint density at radius 1 is 0.429 bits per heavy atom. The van der Waals surface area contributed by atoms with Crippen molar-refractivity contribution in [3.63, 3.8) is 0 Å². The van der Waals surface area contributed by atoms with Crippen molar-refractivity contribution in [2.75, 3.05) is 22.6 Å². The molecule has 12 aromatic rings. The number of halogens is 6. The van der Waals surface area contributed by atoms with E-state index in [0.29, 0.717) is 96.3 Å². The summed E-state index contributed by atoms with van der Waals surface area (Å²) in [5.41, 5.74) is 21.2. The number of H-pyrrole nitrogens is 3. The fourth-order valence-electron chi connectivity index (χ4n) is 14.8. The van der Waals surface area contributed by atoms with Crippen LogP contribution in [0.1, 0.15) is 110 Å². The van der Waals surface area contributed by atoms with Gasteiger partial charge in [0.15, 0.2) is 17.5 Å². The second-order valence-corrected chi connectivity index (χ2v) is 29.2. The normalized spacial score (nSPS) is 15.6. The summed E-state index contributed by atoms with van der Waals surface area (Å²) in [5, 5.41) is 39.3. The van der Waals surface area contributed by atoms with Gasteiger partial charge in [0, 0.05) is 183 Å². The van der Waals surface area contributed by atoms with Crippen molar-refractivity contribution in [1.82, 2.24) is 81.3 Å². The van der Waals surface area contributed by atoms with Crippen LogP contribution < -0.4 is 57.4 Å². The van der Waals surface area contributed by atoms with Crippen LogP contribution in [0.15, 0.2) is 183 Å². The first-order chi connectivity index (χ1) is 55.8. The number of aromatic carboxylic acids is 1. The number of ether oxygens (including phenoxy) is 1. The minimum Gasteiger partial charge on any atom is -0.870 e. The number of hydrogen-bond donors (Lipinski definition) is 9. The Hall–Kier alpha value is -13.1. The molecule has 18 rings (SSSR count). The smallest absolute Gasteiger partial charge is 0.870 e. The van der Waals surface area contributed by atoms with E-state index in [0.717, 1.165) is 66.8 Å². The summed E-state index contributed by atoms with van der Waals surface area (Å²) in [4.78, 5) is 106. The van der Waals surface area contributed by atoms with E-state index < -0.39 is 66.2 Å². The Kier molecular flexibility index (Phi) is 24.4. The van der Waals surface area contributed by atoms with Gasteiger partial charge in [-0.15, -0.1) is 0 Å². The summed E-state index contributed by atoms with van der Waals surface area (Å²) in [7, 11) is 0. The monoisotopic (exact) mass is 1630 g/mol. The number of esters is 1. The molecule has 3 saturated carbocycles. The molecule has 3 fully saturated rings. The fourth-order valence-corrected chi connectivity index (χ4v) is 14.8. The van der Waals surface area contributed by atoms with Gasteiger partial charge < -0.3 is 57.9 Å². The molecular weight excluding hydrogens is 1560 g/mol. The summed E-state index contributed by atoms with van der Waals surface area (Å²) in [6.07, 6.45) is 12.3. The maximum atomic E-state index is 13.3. The number of nitrogens with one attached hydrogen (secondary N) is 6. The quantitative estimate of drug-likeness (QED) is 0.0206. The third kappa shape index (κ3) is 18.5. The van der Waals surface area contributed by atoms with Gasteiger partial charge in [-0.1, -0.05) is 72.8 Å². The maximum Gasteiger partial charge on any atom is 1.00 e. The molecule has 0 spiro atoms. The van der Waals surface area contributed by atoms with Crippen LogP contribution in [0, 0.1) is 17.8 Å². The van der Waals surface area contributed by atoms with Gasteiger partial charge in [0.05, 0.1) is 25.2 Å². The van der Waals surface area contributed by atoms with Crippen LogP contribution in [0.25, 0.3) is 67.5 Å². The van der Waals surface area contributed by atoms with Gasteiger partial charge in [0.25, 0.3) is 5.91 Å². The van der Waals surface area contributed by atoms with Gasteiger partial charge in [-0.05, 0) is 112 Å². The van der Waals surface area contributed by atoms with Crippen molar-refractivity contribution in [3.8, 4) is 67.5 Å². The van der Waals surface area contributed by atoms with E-state index in [2.05, 4.69) is 76.4 Å². The molecule has 3 aliphatic carbocycles. The van der Waals surface area contributed by atoms with E-state index in [9.17, 15) is 60.2 Å². The number of amides is 4. The van der Waals surface area contributed by atoms with E-state index in [1.165, 1.54) is 18.6 Å². The van der Waals surface area contributed by atoms with Crippen molar-refractivity contribution < 1.29 is 100.0 Å². The Labute approximate surface area is 696 Å². The van der Waals surface area contributed by atoms with E-state index >= 15 is 0 Å². The Bertz CT molecular complexity index is 5520. The summed E-state index contributed by atoms with van der Waals surface area (Å²) in [5.74, 6) is -11.4. The number of anilines is 6. The van der Waals surface area contributed by atoms with Crippen LogP contribution >= 0.6 is 0 Å². The third-order valence-electron chi connectivity index (χ3n) is 21.1. The Balaban J connectivity index is 0.000000153. The number of carboxylic acid groups (broad SMARTS) is 1. The average Bonchev–Trinajstić information content (AvgIpc) is 1.68. The molecule has 0 atom stereocenters. The largest absolute Gasteiger partial charge is 1.00 e. The number of aromatic amines is 3. The predicted octanol–water partition coefficient (Wildman–Crippen LogP) is 11.5. The molecule has 6 aliphatic rings. The molecular formula is C83H75F6N20NaO9. The number of rotatable bonds is 19. The molecule has 6 aromatic heterocycles. The number of carboxylic acids is 1. The van der Waals surface area contributed by atoms with Gasteiger partial charge >= 0.3 is 41.5 Å². The Morgan fingerprint density at radius 3 is 1.00 bits per heavy atom. The van der Waals surface area contributed by atoms with Crippen molar-refractivity contribution >= 4 is 70.1 Å².